The third-order valence-corrected chi connectivity index (χ3v) is 4.75. The van der Waals surface area contributed by atoms with Crippen LogP contribution < -0.4 is 4.74 Å². The minimum absolute atomic E-state index is 0.642. The molecule has 0 aliphatic heterocycles. The standard InChI is InChI=1S/C14H15BrO2S/c1-8-7-10(15)9(2)12(14(8)17-3)13(16)11-5-4-6-18-11/h4-7,13,16H,1-3H3. The van der Waals surface area contributed by atoms with Crippen molar-refractivity contribution >= 4 is 27.3 Å². The van der Waals surface area contributed by atoms with E-state index in [0.717, 1.165) is 31.8 Å². The Morgan fingerprint density at radius 3 is 2.67 bits per heavy atom. The van der Waals surface area contributed by atoms with Crippen LogP contribution in [-0.4, -0.2) is 12.2 Å². The van der Waals surface area contributed by atoms with E-state index in [-0.39, 0.29) is 0 Å². The van der Waals surface area contributed by atoms with E-state index >= 15 is 0 Å². The van der Waals surface area contributed by atoms with E-state index < -0.39 is 6.10 Å². The van der Waals surface area contributed by atoms with E-state index in [0.29, 0.717) is 0 Å². The normalized spacial score (nSPS) is 12.5. The zero-order valence-electron chi connectivity index (χ0n) is 10.5. The largest absolute Gasteiger partial charge is 0.496 e. The van der Waals surface area contributed by atoms with E-state index in [9.17, 15) is 5.11 Å². The minimum atomic E-state index is -0.642. The Morgan fingerprint density at radius 2 is 2.11 bits per heavy atom. The number of hydrogen-bond donors (Lipinski definition) is 1. The second-order valence-corrected chi connectivity index (χ2v) is 6.00. The van der Waals surface area contributed by atoms with Crippen molar-refractivity contribution in [3.05, 3.63) is 49.6 Å². The van der Waals surface area contributed by atoms with Crippen molar-refractivity contribution in [1.82, 2.24) is 0 Å². The molecule has 2 rings (SSSR count). The summed E-state index contributed by atoms with van der Waals surface area (Å²) in [6, 6.07) is 5.89. The molecule has 1 N–H and O–H groups in total. The van der Waals surface area contributed by atoms with Crippen LogP contribution in [0.3, 0.4) is 0 Å². The fourth-order valence-electron chi connectivity index (χ4n) is 2.06. The first-order valence-corrected chi connectivity index (χ1v) is 7.28. The Balaban J connectivity index is 2.62. The van der Waals surface area contributed by atoms with Crippen molar-refractivity contribution in [1.29, 1.82) is 0 Å². The monoisotopic (exact) mass is 326 g/mol. The first-order chi connectivity index (χ1) is 8.56. The van der Waals surface area contributed by atoms with Crippen LogP contribution in [-0.2, 0) is 0 Å². The lowest BCUT2D eigenvalue weighted by Gasteiger charge is -2.19. The van der Waals surface area contributed by atoms with Crippen LogP contribution in [0.5, 0.6) is 5.75 Å². The minimum Gasteiger partial charge on any atom is -0.496 e. The molecule has 0 spiro atoms. The van der Waals surface area contributed by atoms with Gasteiger partial charge < -0.3 is 9.84 Å². The molecule has 4 heteroatoms. The molecule has 0 saturated heterocycles. The number of rotatable bonds is 3. The van der Waals surface area contributed by atoms with Gasteiger partial charge >= 0.3 is 0 Å². The maximum absolute atomic E-state index is 10.5. The predicted molar refractivity (Wildman–Crippen MR) is 78.5 cm³/mol. The molecule has 1 aromatic heterocycles. The highest BCUT2D eigenvalue weighted by molar-refractivity contribution is 9.10. The first kappa shape index (κ1) is 13.6. The van der Waals surface area contributed by atoms with Crippen LogP contribution in [0.2, 0.25) is 0 Å². The molecule has 1 atom stereocenters. The first-order valence-electron chi connectivity index (χ1n) is 5.61. The lowest BCUT2D eigenvalue weighted by molar-refractivity contribution is 0.217. The highest BCUT2D eigenvalue weighted by Crippen LogP contribution is 2.39. The van der Waals surface area contributed by atoms with Crippen molar-refractivity contribution in [3.63, 3.8) is 0 Å². The average molecular weight is 327 g/mol. The molecule has 1 aromatic carbocycles. The van der Waals surface area contributed by atoms with Crippen molar-refractivity contribution in [3.8, 4) is 5.75 Å². The number of aryl methyl sites for hydroxylation is 1. The number of hydrogen-bond acceptors (Lipinski definition) is 3. The van der Waals surface area contributed by atoms with Crippen LogP contribution in [0.15, 0.2) is 28.1 Å². The van der Waals surface area contributed by atoms with E-state index in [1.54, 1.807) is 18.4 Å². The maximum Gasteiger partial charge on any atom is 0.128 e. The molecule has 0 aliphatic carbocycles. The van der Waals surface area contributed by atoms with Gasteiger partial charge in [-0.05, 0) is 42.5 Å². The molecule has 18 heavy (non-hydrogen) atoms. The Kier molecular flexibility index (Phi) is 4.10. The Bertz CT molecular complexity index is 549. The van der Waals surface area contributed by atoms with E-state index in [4.69, 9.17) is 4.74 Å². The van der Waals surface area contributed by atoms with Crippen LogP contribution in [0.1, 0.15) is 27.7 Å². The molecule has 0 fully saturated rings. The molecule has 1 unspecified atom stereocenters. The van der Waals surface area contributed by atoms with Crippen LogP contribution >= 0.6 is 27.3 Å². The molecule has 0 saturated carbocycles. The summed E-state index contributed by atoms with van der Waals surface area (Å²) in [5, 5.41) is 12.5. The zero-order chi connectivity index (χ0) is 13.3. The Morgan fingerprint density at radius 1 is 1.39 bits per heavy atom. The van der Waals surface area contributed by atoms with Gasteiger partial charge in [-0.1, -0.05) is 22.0 Å². The summed E-state index contributed by atoms with van der Waals surface area (Å²) in [6.45, 7) is 3.96. The molecule has 2 aromatic rings. The van der Waals surface area contributed by atoms with Crippen LogP contribution in [0, 0.1) is 13.8 Å². The summed E-state index contributed by atoms with van der Waals surface area (Å²) < 4.78 is 6.45. The van der Waals surface area contributed by atoms with Gasteiger partial charge in [0.05, 0.1) is 7.11 Å². The SMILES string of the molecule is COc1c(C)cc(Br)c(C)c1C(O)c1cccs1. The molecule has 0 amide bonds. The fourth-order valence-corrected chi connectivity index (χ4v) is 3.34. The summed E-state index contributed by atoms with van der Waals surface area (Å²) in [6.07, 6.45) is -0.642. The van der Waals surface area contributed by atoms with E-state index in [1.165, 1.54) is 0 Å². The van der Waals surface area contributed by atoms with Gasteiger partial charge in [-0.2, -0.15) is 0 Å². The van der Waals surface area contributed by atoms with Gasteiger partial charge in [0.2, 0.25) is 0 Å². The lowest BCUT2D eigenvalue weighted by atomic mass is 9.98. The zero-order valence-corrected chi connectivity index (χ0v) is 12.9. The molecule has 1 heterocycles. The second kappa shape index (κ2) is 5.43. The number of halogens is 1. The van der Waals surface area contributed by atoms with Crippen LogP contribution in [0.25, 0.3) is 0 Å². The number of ether oxygens (including phenoxy) is 1. The van der Waals surface area contributed by atoms with Gasteiger partial charge in [-0.15, -0.1) is 11.3 Å². The van der Waals surface area contributed by atoms with Gasteiger partial charge in [0.15, 0.2) is 0 Å². The van der Waals surface area contributed by atoms with Gasteiger partial charge in [0.1, 0.15) is 11.9 Å². The van der Waals surface area contributed by atoms with Crippen molar-refractivity contribution in [2.24, 2.45) is 0 Å². The molecule has 0 radical (unpaired) electrons. The molecule has 2 nitrogen and oxygen atoms in total. The maximum atomic E-state index is 10.5. The number of methoxy groups -OCH3 is 1. The van der Waals surface area contributed by atoms with Gasteiger partial charge in [0.25, 0.3) is 0 Å². The molecular formula is C14H15BrO2S. The van der Waals surface area contributed by atoms with Crippen molar-refractivity contribution in [2.45, 2.75) is 20.0 Å². The smallest absolute Gasteiger partial charge is 0.128 e. The number of thiophene rings is 1. The average Bonchev–Trinajstić information content (AvgIpc) is 2.86. The summed E-state index contributed by atoms with van der Waals surface area (Å²) >= 11 is 5.07. The fraction of sp³-hybridized carbons (Fsp3) is 0.286. The lowest BCUT2D eigenvalue weighted by Crippen LogP contribution is -2.05. The summed E-state index contributed by atoms with van der Waals surface area (Å²) in [5.74, 6) is 0.761. The molecule has 0 bridgehead atoms. The Hall–Kier alpha value is -0.840. The van der Waals surface area contributed by atoms with Crippen molar-refractivity contribution < 1.29 is 9.84 Å². The van der Waals surface area contributed by atoms with Gasteiger partial charge in [-0.25, -0.2) is 0 Å². The third-order valence-electron chi connectivity index (χ3n) is 3.00. The van der Waals surface area contributed by atoms with Gasteiger partial charge in [0, 0.05) is 14.9 Å². The second-order valence-electron chi connectivity index (χ2n) is 4.17. The quantitative estimate of drug-likeness (QED) is 0.915. The van der Waals surface area contributed by atoms with E-state index in [1.807, 2.05) is 37.4 Å². The van der Waals surface area contributed by atoms with Crippen molar-refractivity contribution in [2.75, 3.05) is 7.11 Å². The number of aliphatic hydroxyl groups is 1. The topological polar surface area (TPSA) is 29.5 Å². The number of benzene rings is 1. The highest BCUT2D eigenvalue weighted by atomic mass is 79.9. The van der Waals surface area contributed by atoms with Gasteiger partial charge in [-0.3, -0.25) is 0 Å². The summed E-state index contributed by atoms with van der Waals surface area (Å²) in [5.41, 5.74) is 2.87. The highest BCUT2D eigenvalue weighted by Gasteiger charge is 2.22. The summed E-state index contributed by atoms with van der Waals surface area (Å²) in [7, 11) is 1.64. The molecule has 96 valence electrons. The van der Waals surface area contributed by atoms with E-state index in [2.05, 4.69) is 15.9 Å². The number of aliphatic hydroxyl groups excluding tert-OH is 1. The Labute approximate surface area is 119 Å². The van der Waals surface area contributed by atoms with Crippen LogP contribution in [0.4, 0.5) is 0 Å². The summed E-state index contributed by atoms with van der Waals surface area (Å²) in [4.78, 5) is 0.925. The predicted octanol–water partition coefficient (Wildman–Crippen LogP) is 4.22. The third kappa shape index (κ3) is 2.32. The molecule has 0 aliphatic rings. The molecular weight excluding hydrogens is 312 g/mol.